The van der Waals surface area contributed by atoms with E-state index in [-0.39, 0.29) is 29.4 Å². The highest BCUT2D eigenvalue weighted by Gasteiger charge is 2.37. The molecule has 0 radical (unpaired) electrons. The molecule has 0 spiro atoms. The number of fused-ring (bicyclic) bond motifs is 1. The third-order valence-corrected chi connectivity index (χ3v) is 9.00. The third-order valence-electron chi connectivity index (χ3n) is 7.20. The number of hydrogen-bond donors (Lipinski definition) is 1. The Kier molecular flexibility index (Phi) is 9.05. The maximum Gasteiger partial charge on any atom is 0.268 e. The van der Waals surface area contributed by atoms with Crippen LogP contribution in [0.1, 0.15) is 11.1 Å². The van der Waals surface area contributed by atoms with Crippen LogP contribution in [-0.2, 0) is 26.2 Å². The van der Waals surface area contributed by atoms with E-state index in [9.17, 15) is 18.0 Å². The lowest BCUT2D eigenvalue weighted by Gasteiger charge is -2.35. The van der Waals surface area contributed by atoms with Gasteiger partial charge >= 0.3 is 0 Å². The second-order valence-electron chi connectivity index (χ2n) is 10.1. The van der Waals surface area contributed by atoms with Crippen LogP contribution >= 0.6 is 0 Å². The number of nitrogens with zero attached hydrogens (tertiary/aromatic N) is 2. The lowest BCUT2D eigenvalue weighted by atomic mass is 10.1. The molecule has 10 nitrogen and oxygen atoms in total. The summed E-state index contributed by atoms with van der Waals surface area (Å²) in [7, 11) is -1.41. The largest absolute Gasteiger partial charge is 0.497 e. The van der Waals surface area contributed by atoms with Crippen molar-refractivity contribution in [3.05, 3.63) is 108 Å². The number of aryl methyl sites for hydroxylation is 1. The monoisotopic (exact) mass is 615 g/mol. The normalized spacial score (nSPS) is 14.2. The molecule has 1 aliphatic heterocycles. The summed E-state index contributed by atoms with van der Waals surface area (Å²) in [5.74, 6) is 0.0644. The van der Waals surface area contributed by atoms with E-state index < -0.39 is 34.5 Å². The Morgan fingerprint density at radius 1 is 0.932 bits per heavy atom. The van der Waals surface area contributed by atoms with Crippen LogP contribution in [0.3, 0.4) is 0 Å². The standard InChI is InChI=1S/C33H33N3O7S/c1-23-13-18-29(42-3)31(19-23)44(39,40)36(25-14-16-26(41-2)17-15-25)22-32(37)35-21-30(43-28-12-8-7-11-27(28)35)33(38)34-20-24-9-5-4-6-10-24/h4-19,30H,20-22H2,1-3H3,(H,34,38)/t30-/m1/s1. The Morgan fingerprint density at radius 2 is 1.64 bits per heavy atom. The number of methoxy groups -OCH3 is 2. The smallest absolute Gasteiger partial charge is 0.268 e. The summed E-state index contributed by atoms with van der Waals surface area (Å²) >= 11 is 0. The quantitative estimate of drug-likeness (QED) is 0.283. The summed E-state index contributed by atoms with van der Waals surface area (Å²) in [4.78, 5) is 28.6. The number of amides is 2. The number of hydrogen-bond acceptors (Lipinski definition) is 7. The minimum Gasteiger partial charge on any atom is -0.497 e. The van der Waals surface area contributed by atoms with Crippen LogP contribution in [0.2, 0.25) is 0 Å². The number of benzene rings is 4. The molecule has 0 fully saturated rings. The number of ether oxygens (including phenoxy) is 3. The molecule has 1 atom stereocenters. The van der Waals surface area contributed by atoms with Crippen molar-refractivity contribution < 1.29 is 32.2 Å². The SMILES string of the molecule is COc1ccc(N(CC(=O)N2C[C@H](C(=O)NCc3ccccc3)Oc3ccccc32)S(=O)(=O)c2cc(C)ccc2OC)cc1. The molecule has 0 saturated heterocycles. The maximum atomic E-state index is 14.2. The Hall–Kier alpha value is -5.03. The molecule has 228 valence electrons. The third kappa shape index (κ3) is 6.47. The predicted molar refractivity (Wildman–Crippen MR) is 167 cm³/mol. The molecule has 0 aromatic heterocycles. The van der Waals surface area contributed by atoms with Crippen molar-refractivity contribution in [2.75, 3.05) is 36.5 Å². The van der Waals surface area contributed by atoms with Gasteiger partial charge in [-0.2, -0.15) is 0 Å². The molecule has 44 heavy (non-hydrogen) atoms. The summed E-state index contributed by atoms with van der Waals surface area (Å²) in [6, 6.07) is 27.5. The first-order valence-corrected chi connectivity index (χ1v) is 15.3. The molecule has 0 unspecified atom stereocenters. The first-order valence-electron chi connectivity index (χ1n) is 13.9. The zero-order valence-corrected chi connectivity index (χ0v) is 25.4. The molecule has 1 aliphatic rings. The zero-order chi connectivity index (χ0) is 31.3. The molecule has 1 N–H and O–H groups in total. The molecule has 1 heterocycles. The van der Waals surface area contributed by atoms with Gasteiger partial charge in [0.05, 0.1) is 32.1 Å². The lowest BCUT2D eigenvalue weighted by molar-refractivity contribution is -0.128. The van der Waals surface area contributed by atoms with Gasteiger partial charge in [0, 0.05) is 6.54 Å². The topological polar surface area (TPSA) is 114 Å². The van der Waals surface area contributed by atoms with Gasteiger partial charge in [-0.15, -0.1) is 0 Å². The van der Waals surface area contributed by atoms with E-state index in [2.05, 4.69) is 5.32 Å². The number of sulfonamides is 1. The van der Waals surface area contributed by atoms with Gasteiger partial charge in [0.25, 0.3) is 15.9 Å². The number of anilines is 2. The maximum absolute atomic E-state index is 14.2. The molecule has 0 bridgehead atoms. The van der Waals surface area contributed by atoms with Crippen LogP contribution in [0.25, 0.3) is 0 Å². The van der Waals surface area contributed by atoms with Gasteiger partial charge in [0.1, 0.15) is 28.7 Å². The number of nitrogens with one attached hydrogen (secondary N) is 1. The van der Waals surface area contributed by atoms with E-state index in [1.165, 1.54) is 25.2 Å². The highest BCUT2D eigenvalue weighted by atomic mass is 32.2. The number of para-hydroxylation sites is 2. The van der Waals surface area contributed by atoms with E-state index in [4.69, 9.17) is 14.2 Å². The fourth-order valence-electron chi connectivity index (χ4n) is 4.88. The van der Waals surface area contributed by atoms with Crippen molar-refractivity contribution >= 4 is 33.2 Å². The summed E-state index contributed by atoms with van der Waals surface area (Å²) in [5, 5.41) is 2.87. The Morgan fingerprint density at radius 3 is 2.34 bits per heavy atom. The summed E-state index contributed by atoms with van der Waals surface area (Å²) < 4.78 is 46.1. The Bertz CT molecular complexity index is 1750. The Balaban J connectivity index is 1.47. The van der Waals surface area contributed by atoms with Crippen LogP contribution in [0, 0.1) is 6.92 Å². The van der Waals surface area contributed by atoms with E-state index >= 15 is 0 Å². The first-order chi connectivity index (χ1) is 21.2. The highest BCUT2D eigenvalue weighted by Crippen LogP contribution is 2.35. The van der Waals surface area contributed by atoms with Gasteiger partial charge in [0.2, 0.25) is 5.91 Å². The molecule has 5 rings (SSSR count). The van der Waals surface area contributed by atoms with Gasteiger partial charge in [0.15, 0.2) is 6.10 Å². The average Bonchev–Trinajstić information content (AvgIpc) is 3.05. The van der Waals surface area contributed by atoms with Gasteiger partial charge in [-0.25, -0.2) is 8.42 Å². The highest BCUT2D eigenvalue weighted by molar-refractivity contribution is 7.93. The first kappa shape index (κ1) is 30.4. The zero-order valence-electron chi connectivity index (χ0n) is 24.6. The molecule has 4 aromatic carbocycles. The summed E-state index contributed by atoms with van der Waals surface area (Å²) in [5.41, 5.74) is 2.31. The number of carbonyl (C=O) groups is 2. The van der Waals surface area contributed by atoms with Crippen molar-refractivity contribution in [3.63, 3.8) is 0 Å². The minimum absolute atomic E-state index is 0.0795. The molecule has 0 saturated carbocycles. The van der Waals surface area contributed by atoms with Gasteiger partial charge in [-0.3, -0.25) is 13.9 Å². The molecule has 0 aliphatic carbocycles. The summed E-state index contributed by atoms with van der Waals surface area (Å²) in [6.45, 7) is 1.39. The van der Waals surface area contributed by atoms with Crippen LogP contribution < -0.4 is 28.7 Å². The number of carbonyl (C=O) groups excluding carboxylic acids is 2. The van der Waals surface area contributed by atoms with E-state index in [1.807, 2.05) is 30.3 Å². The van der Waals surface area contributed by atoms with E-state index in [1.54, 1.807) is 67.6 Å². The summed E-state index contributed by atoms with van der Waals surface area (Å²) in [6.07, 6.45) is -1.01. The van der Waals surface area contributed by atoms with Crippen LogP contribution in [0.5, 0.6) is 17.2 Å². The van der Waals surface area contributed by atoms with Gasteiger partial charge < -0.3 is 24.4 Å². The molecule has 11 heteroatoms. The molecular formula is C33H33N3O7S. The predicted octanol–water partition coefficient (Wildman–Crippen LogP) is 4.32. The van der Waals surface area contributed by atoms with Crippen molar-refractivity contribution in [1.29, 1.82) is 0 Å². The van der Waals surface area contributed by atoms with E-state index in [0.29, 0.717) is 22.7 Å². The van der Waals surface area contributed by atoms with Crippen LogP contribution in [0.4, 0.5) is 11.4 Å². The van der Waals surface area contributed by atoms with Crippen LogP contribution in [-0.4, -0.2) is 53.6 Å². The second-order valence-corrected chi connectivity index (χ2v) is 12.0. The molecule has 4 aromatic rings. The van der Waals surface area contributed by atoms with Crippen molar-refractivity contribution in [2.45, 2.75) is 24.5 Å². The fraction of sp³-hybridized carbons (Fsp3) is 0.212. The Labute approximate surface area is 256 Å². The van der Waals surface area contributed by atoms with Crippen molar-refractivity contribution in [1.82, 2.24) is 5.32 Å². The van der Waals surface area contributed by atoms with Crippen molar-refractivity contribution in [2.24, 2.45) is 0 Å². The average molecular weight is 616 g/mol. The fourth-order valence-corrected chi connectivity index (χ4v) is 6.54. The molecule has 2 amide bonds. The van der Waals surface area contributed by atoms with Crippen molar-refractivity contribution in [3.8, 4) is 17.2 Å². The van der Waals surface area contributed by atoms with Gasteiger partial charge in [-0.1, -0.05) is 48.5 Å². The van der Waals surface area contributed by atoms with Gasteiger partial charge in [-0.05, 0) is 66.6 Å². The lowest BCUT2D eigenvalue weighted by Crippen LogP contribution is -2.53. The van der Waals surface area contributed by atoms with Crippen LogP contribution in [0.15, 0.2) is 102 Å². The second kappa shape index (κ2) is 13.1. The van der Waals surface area contributed by atoms with E-state index in [0.717, 1.165) is 9.87 Å². The minimum atomic E-state index is -4.31. The molecular weight excluding hydrogens is 582 g/mol. The number of rotatable bonds is 10.